The summed E-state index contributed by atoms with van der Waals surface area (Å²) in [5, 5.41) is 4.03. The maximum Gasteiger partial charge on any atom is 0.330 e. The van der Waals surface area contributed by atoms with Gasteiger partial charge in [0.25, 0.3) is 0 Å². The summed E-state index contributed by atoms with van der Waals surface area (Å²) in [4.78, 5) is 11.3. The number of ether oxygens (including phenoxy) is 1. The minimum absolute atomic E-state index is 0.248. The molecule has 1 heterocycles. The fraction of sp³-hybridized carbons (Fsp3) is 0.500. The van der Waals surface area contributed by atoms with Gasteiger partial charge in [-0.25, -0.2) is 4.79 Å². The Morgan fingerprint density at radius 2 is 2.54 bits per heavy atom. The molecule has 0 radical (unpaired) electrons. The van der Waals surface area contributed by atoms with Gasteiger partial charge in [0.05, 0.1) is 16.4 Å². The minimum atomic E-state index is -0.344. The van der Waals surface area contributed by atoms with Crippen molar-refractivity contribution in [1.82, 2.24) is 9.78 Å². The van der Waals surface area contributed by atoms with E-state index in [1.807, 2.05) is 6.20 Å². The zero-order valence-electron chi connectivity index (χ0n) is 7.53. The van der Waals surface area contributed by atoms with Gasteiger partial charge in [0.2, 0.25) is 0 Å². The van der Waals surface area contributed by atoms with E-state index < -0.39 is 0 Å². The van der Waals surface area contributed by atoms with Crippen molar-refractivity contribution < 1.29 is 9.53 Å². The van der Waals surface area contributed by atoms with Gasteiger partial charge >= 0.3 is 5.97 Å². The first kappa shape index (κ1) is 10.5. The van der Waals surface area contributed by atoms with Crippen molar-refractivity contribution >= 4 is 28.6 Å². The maximum atomic E-state index is 11.3. The van der Waals surface area contributed by atoms with Crippen molar-refractivity contribution in [2.75, 3.05) is 6.61 Å². The lowest BCUT2D eigenvalue weighted by Gasteiger charge is -2.09. The van der Waals surface area contributed by atoms with Crippen molar-refractivity contribution in [2.45, 2.75) is 19.9 Å². The van der Waals surface area contributed by atoms with Gasteiger partial charge in [0.1, 0.15) is 6.04 Å². The van der Waals surface area contributed by atoms with Crippen molar-refractivity contribution in [1.29, 1.82) is 0 Å². The van der Waals surface area contributed by atoms with Gasteiger partial charge in [-0.3, -0.25) is 4.68 Å². The second-order valence-electron chi connectivity index (χ2n) is 2.57. The zero-order chi connectivity index (χ0) is 9.84. The molecule has 0 amide bonds. The molecule has 13 heavy (non-hydrogen) atoms. The second-order valence-corrected chi connectivity index (χ2v) is 3.81. The highest BCUT2D eigenvalue weighted by atomic mass is 127. The highest BCUT2D eigenvalue weighted by molar-refractivity contribution is 14.1. The predicted molar refractivity (Wildman–Crippen MR) is 56.3 cm³/mol. The van der Waals surface area contributed by atoms with Gasteiger partial charge in [-0.15, -0.1) is 0 Å². The van der Waals surface area contributed by atoms with Gasteiger partial charge < -0.3 is 4.74 Å². The summed E-state index contributed by atoms with van der Waals surface area (Å²) in [7, 11) is 0. The van der Waals surface area contributed by atoms with Crippen LogP contribution in [0.5, 0.6) is 0 Å². The summed E-state index contributed by atoms with van der Waals surface area (Å²) in [5.74, 6) is -0.248. The number of esters is 1. The lowest BCUT2D eigenvalue weighted by Crippen LogP contribution is -2.19. The summed E-state index contributed by atoms with van der Waals surface area (Å²) < 4.78 is 7.47. The van der Waals surface area contributed by atoms with E-state index in [1.165, 1.54) is 0 Å². The van der Waals surface area contributed by atoms with Gasteiger partial charge in [0, 0.05) is 6.20 Å². The molecular formula is C8H11IN2O2. The fourth-order valence-electron chi connectivity index (χ4n) is 0.898. The third-order valence-electron chi connectivity index (χ3n) is 1.59. The molecule has 1 rings (SSSR count). The quantitative estimate of drug-likeness (QED) is 0.628. The number of aromatic nitrogens is 2. The minimum Gasteiger partial charge on any atom is -0.464 e. The van der Waals surface area contributed by atoms with Crippen LogP contribution in [0.1, 0.15) is 19.9 Å². The van der Waals surface area contributed by atoms with Crippen molar-refractivity contribution in [3.63, 3.8) is 0 Å². The molecule has 0 aliphatic carbocycles. The van der Waals surface area contributed by atoms with Crippen LogP contribution in [0, 0.1) is 3.57 Å². The van der Waals surface area contributed by atoms with Crippen LogP contribution >= 0.6 is 22.6 Å². The molecule has 0 saturated heterocycles. The lowest BCUT2D eigenvalue weighted by molar-refractivity contribution is -0.146. The molecule has 4 nitrogen and oxygen atoms in total. The summed E-state index contributed by atoms with van der Waals surface area (Å²) in [5.41, 5.74) is 0. The lowest BCUT2D eigenvalue weighted by atomic mass is 10.3. The average molecular weight is 294 g/mol. The number of hydrogen-bond donors (Lipinski definition) is 0. The molecule has 0 aliphatic heterocycles. The normalized spacial score (nSPS) is 12.5. The molecule has 1 aromatic heterocycles. The maximum absolute atomic E-state index is 11.3. The van der Waals surface area contributed by atoms with Gasteiger partial charge in [-0.05, 0) is 36.4 Å². The number of hydrogen-bond acceptors (Lipinski definition) is 3. The van der Waals surface area contributed by atoms with Crippen LogP contribution in [0.3, 0.4) is 0 Å². The Morgan fingerprint density at radius 3 is 3.00 bits per heavy atom. The molecule has 0 bridgehead atoms. The second kappa shape index (κ2) is 4.59. The Bertz CT molecular complexity index is 298. The third kappa shape index (κ3) is 2.68. The van der Waals surface area contributed by atoms with Crippen LogP contribution in [-0.2, 0) is 9.53 Å². The zero-order valence-corrected chi connectivity index (χ0v) is 9.69. The summed E-state index contributed by atoms with van der Waals surface area (Å²) in [6.45, 7) is 3.96. The van der Waals surface area contributed by atoms with E-state index in [2.05, 4.69) is 27.7 Å². The van der Waals surface area contributed by atoms with E-state index in [4.69, 9.17) is 4.74 Å². The van der Waals surface area contributed by atoms with Crippen LogP contribution in [0.2, 0.25) is 0 Å². The molecule has 0 N–H and O–H groups in total. The Hall–Kier alpha value is -0.590. The molecule has 0 fully saturated rings. The van der Waals surface area contributed by atoms with Gasteiger partial charge in [-0.1, -0.05) is 0 Å². The van der Waals surface area contributed by atoms with Gasteiger partial charge in [0.15, 0.2) is 0 Å². The van der Waals surface area contributed by atoms with Gasteiger partial charge in [-0.2, -0.15) is 5.10 Å². The molecule has 1 atom stereocenters. The van der Waals surface area contributed by atoms with Crippen LogP contribution in [0.4, 0.5) is 0 Å². The number of rotatable bonds is 3. The van der Waals surface area contributed by atoms with Crippen LogP contribution in [0.15, 0.2) is 12.4 Å². The Balaban J connectivity index is 2.67. The number of halogens is 1. The summed E-state index contributed by atoms with van der Waals surface area (Å²) in [6, 6.07) is -0.344. The van der Waals surface area contributed by atoms with Crippen molar-refractivity contribution in [3.05, 3.63) is 16.0 Å². The highest BCUT2D eigenvalue weighted by Gasteiger charge is 2.16. The monoisotopic (exact) mass is 294 g/mol. The number of carbonyl (C=O) groups is 1. The first-order valence-corrected chi connectivity index (χ1v) is 5.09. The third-order valence-corrected chi connectivity index (χ3v) is 2.15. The smallest absolute Gasteiger partial charge is 0.330 e. The fourth-order valence-corrected chi connectivity index (χ4v) is 1.31. The first-order chi connectivity index (χ1) is 6.15. The highest BCUT2D eigenvalue weighted by Crippen LogP contribution is 2.09. The van der Waals surface area contributed by atoms with E-state index in [0.717, 1.165) is 3.57 Å². The molecule has 1 aromatic rings. The molecule has 0 aliphatic rings. The first-order valence-electron chi connectivity index (χ1n) is 4.01. The Labute approximate surface area is 90.4 Å². The molecule has 5 heteroatoms. The number of nitrogens with zero attached hydrogens (tertiary/aromatic N) is 2. The molecular weight excluding hydrogens is 283 g/mol. The van der Waals surface area contributed by atoms with Crippen LogP contribution in [0.25, 0.3) is 0 Å². The summed E-state index contributed by atoms with van der Waals surface area (Å²) in [6.07, 6.45) is 3.51. The van der Waals surface area contributed by atoms with E-state index in [1.54, 1.807) is 24.7 Å². The largest absolute Gasteiger partial charge is 0.464 e. The number of carbonyl (C=O) groups excluding carboxylic acids is 1. The van der Waals surface area contributed by atoms with E-state index >= 15 is 0 Å². The van der Waals surface area contributed by atoms with E-state index in [9.17, 15) is 4.79 Å². The Kier molecular flexibility index (Phi) is 3.71. The molecule has 0 spiro atoms. The predicted octanol–water partition coefficient (Wildman–Crippen LogP) is 1.61. The van der Waals surface area contributed by atoms with Crippen molar-refractivity contribution in [3.8, 4) is 0 Å². The molecule has 0 unspecified atom stereocenters. The SMILES string of the molecule is CCOC(=O)[C@H](C)n1cc(I)cn1. The van der Waals surface area contributed by atoms with E-state index in [-0.39, 0.29) is 12.0 Å². The topological polar surface area (TPSA) is 44.1 Å². The summed E-state index contributed by atoms with van der Waals surface area (Å²) >= 11 is 2.14. The standard InChI is InChI=1S/C8H11IN2O2/c1-3-13-8(12)6(2)11-5-7(9)4-10-11/h4-6H,3H2,1-2H3/t6-/m0/s1. The average Bonchev–Trinajstić information content (AvgIpc) is 2.51. The van der Waals surface area contributed by atoms with Crippen molar-refractivity contribution in [2.24, 2.45) is 0 Å². The van der Waals surface area contributed by atoms with E-state index in [0.29, 0.717) is 6.61 Å². The Morgan fingerprint density at radius 1 is 1.85 bits per heavy atom. The van der Waals surface area contributed by atoms with Crippen LogP contribution in [-0.4, -0.2) is 22.4 Å². The molecule has 0 saturated carbocycles. The van der Waals surface area contributed by atoms with Crippen LogP contribution < -0.4 is 0 Å². The molecule has 72 valence electrons. The molecule has 0 aromatic carbocycles.